The first kappa shape index (κ1) is 12.6. The zero-order valence-electron chi connectivity index (χ0n) is 11.2. The van der Waals surface area contributed by atoms with Crippen molar-refractivity contribution in [2.45, 2.75) is 51.5 Å². The number of imidazole rings is 1. The van der Waals surface area contributed by atoms with Gasteiger partial charge in [0.05, 0.1) is 0 Å². The number of unbranched alkanes of at least 4 members (excludes halogenated alkanes) is 1. The van der Waals surface area contributed by atoms with Crippen molar-refractivity contribution in [2.75, 3.05) is 6.54 Å². The van der Waals surface area contributed by atoms with E-state index in [9.17, 15) is 0 Å². The number of aromatic nitrogens is 2. The molecule has 1 N–H and O–H groups in total. The van der Waals surface area contributed by atoms with E-state index >= 15 is 0 Å². The molecule has 2 rings (SSSR count). The molecule has 1 aliphatic rings. The van der Waals surface area contributed by atoms with E-state index in [0.29, 0.717) is 0 Å². The number of rotatable bonds is 8. The van der Waals surface area contributed by atoms with Crippen LogP contribution in [0.3, 0.4) is 0 Å². The summed E-state index contributed by atoms with van der Waals surface area (Å²) in [5, 5.41) is 3.63. The number of nitrogens with one attached hydrogen (secondary N) is 1. The van der Waals surface area contributed by atoms with Crippen LogP contribution in [-0.4, -0.2) is 22.1 Å². The van der Waals surface area contributed by atoms with Crippen LogP contribution >= 0.6 is 0 Å². The number of aryl methyl sites for hydroxylation is 2. The molecule has 1 aromatic rings. The fraction of sp³-hybridized carbons (Fsp3) is 0.786. The Morgan fingerprint density at radius 3 is 2.88 bits per heavy atom. The molecule has 3 heteroatoms. The molecule has 0 spiro atoms. The normalized spacial score (nSPS) is 17.3. The summed E-state index contributed by atoms with van der Waals surface area (Å²) in [6.45, 7) is 3.32. The monoisotopic (exact) mass is 235 g/mol. The molecular formula is C14H25N3. The molecule has 0 bridgehead atoms. The molecule has 1 unspecified atom stereocenters. The molecule has 1 heterocycles. The van der Waals surface area contributed by atoms with E-state index in [4.69, 9.17) is 0 Å². The van der Waals surface area contributed by atoms with Gasteiger partial charge in [-0.1, -0.05) is 13.3 Å². The molecule has 1 atom stereocenters. The van der Waals surface area contributed by atoms with Crippen LogP contribution in [0.25, 0.3) is 0 Å². The number of nitrogens with zero attached hydrogens (tertiary/aromatic N) is 2. The molecule has 1 aromatic heterocycles. The highest BCUT2D eigenvalue weighted by Gasteiger charge is 2.29. The Kier molecular flexibility index (Phi) is 4.60. The lowest BCUT2D eigenvalue weighted by Crippen LogP contribution is -2.30. The molecule has 0 aliphatic heterocycles. The quantitative estimate of drug-likeness (QED) is 0.702. The maximum absolute atomic E-state index is 4.36. The van der Waals surface area contributed by atoms with Gasteiger partial charge in [0.15, 0.2) is 0 Å². The lowest BCUT2D eigenvalue weighted by Gasteiger charge is -2.16. The van der Waals surface area contributed by atoms with Gasteiger partial charge in [0.2, 0.25) is 0 Å². The predicted molar refractivity (Wildman–Crippen MR) is 71.0 cm³/mol. The maximum atomic E-state index is 4.36. The van der Waals surface area contributed by atoms with Crippen LogP contribution in [0.4, 0.5) is 0 Å². The molecule has 3 nitrogen and oxygen atoms in total. The van der Waals surface area contributed by atoms with Crippen molar-refractivity contribution in [2.24, 2.45) is 13.0 Å². The third kappa shape index (κ3) is 3.84. The van der Waals surface area contributed by atoms with Gasteiger partial charge in [-0.05, 0) is 38.1 Å². The average molecular weight is 235 g/mol. The summed E-state index contributed by atoms with van der Waals surface area (Å²) in [5.74, 6) is 2.19. The van der Waals surface area contributed by atoms with Crippen molar-refractivity contribution < 1.29 is 0 Å². The van der Waals surface area contributed by atoms with Gasteiger partial charge in [-0.25, -0.2) is 4.98 Å². The second-order valence-corrected chi connectivity index (χ2v) is 5.20. The Labute approximate surface area is 105 Å². The Bertz CT molecular complexity index is 328. The molecule has 17 heavy (non-hydrogen) atoms. The summed E-state index contributed by atoms with van der Waals surface area (Å²) < 4.78 is 2.13. The van der Waals surface area contributed by atoms with Crippen molar-refractivity contribution in [1.82, 2.24) is 14.9 Å². The van der Waals surface area contributed by atoms with Gasteiger partial charge in [-0.3, -0.25) is 0 Å². The molecule has 0 aromatic carbocycles. The Hall–Kier alpha value is -0.830. The first-order valence-corrected chi connectivity index (χ1v) is 7.01. The lowest BCUT2D eigenvalue weighted by molar-refractivity contribution is 0.427. The van der Waals surface area contributed by atoms with Crippen LogP contribution in [-0.2, 0) is 13.5 Å². The Morgan fingerprint density at radius 2 is 2.29 bits per heavy atom. The van der Waals surface area contributed by atoms with E-state index in [1.165, 1.54) is 37.9 Å². The van der Waals surface area contributed by atoms with Gasteiger partial charge < -0.3 is 9.88 Å². The molecular weight excluding hydrogens is 210 g/mol. The topological polar surface area (TPSA) is 29.9 Å². The standard InChI is InChI=1S/C14H25N3/c1-3-15-13(12-8-9-12)6-4-5-7-14-16-10-11-17(14)2/h10-13,15H,3-9H2,1-2H3. The van der Waals surface area contributed by atoms with Gasteiger partial charge in [0.1, 0.15) is 5.82 Å². The van der Waals surface area contributed by atoms with E-state index in [0.717, 1.165) is 24.9 Å². The molecule has 0 saturated heterocycles. The first-order chi connectivity index (χ1) is 8.31. The highest BCUT2D eigenvalue weighted by atomic mass is 15.0. The first-order valence-electron chi connectivity index (χ1n) is 7.01. The van der Waals surface area contributed by atoms with E-state index in [1.807, 2.05) is 12.4 Å². The van der Waals surface area contributed by atoms with E-state index in [1.54, 1.807) is 0 Å². The minimum atomic E-state index is 0.779. The Balaban J connectivity index is 1.63. The zero-order valence-corrected chi connectivity index (χ0v) is 11.2. The minimum Gasteiger partial charge on any atom is -0.338 e. The summed E-state index contributed by atoms with van der Waals surface area (Å²) in [6, 6.07) is 0.779. The van der Waals surface area contributed by atoms with E-state index < -0.39 is 0 Å². The second kappa shape index (κ2) is 6.20. The minimum absolute atomic E-state index is 0.779. The summed E-state index contributed by atoms with van der Waals surface area (Å²) in [6.07, 6.45) is 11.8. The highest BCUT2D eigenvalue weighted by Crippen LogP contribution is 2.34. The second-order valence-electron chi connectivity index (χ2n) is 5.20. The average Bonchev–Trinajstić information content (AvgIpc) is 3.08. The van der Waals surface area contributed by atoms with Gasteiger partial charge >= 0.3 is 0 Å². The van der Waals surface area contributed by atoms with E-state index in [-0.39, 0.29) is 0 Å². The van der Waals surface area contributed by atoms with Crippen LogP contribution in [0.1, 0.15) is 44.9 Å². The molecule has 1 aliphatic carbocycles. The molecule has 0 amide bonds. The third-order valence-electron chi connectivity index (χ3n) is 3.74. The third-order valence-corrected chi connectivity index (χ3v) is 3.74. The summed E-state index contributed by atoms with van der Waals surface area (Å²) >= 11 is 0. The van der Waals surface area contributed by atoms with Crippen molar-refractivity contribution in [3.05, 3.63) is 18.2 Å². The van der Waals surface area contributed by atoms with Crippen molar-refractivity contribution in [3.8, 4) is 0 Å². The van der Waals surface area contributed by atoms with Gasteiger partial charge in [-0.15, -0.1) is 0 Å². The largest absolute Gasteiger partial charge is 0.338 e. The lowest BCUT2D eigenvalue weighted by atomic mass is 10.0. The van der Waals surface area contributed by atoms with Gasteiger partial charge in [0, 0.05) is 31.9 Å². The van der Waals surface area contributed by atoms with Crippen LogP contribution in [0.15, 0.2) is 12.4 Å². The van der Waals surface area contributed by atoms with Crippen LogP contribution in [0.5, 0.6) is 0 Å². The summed E-state index contributed by atoms with van der Waals surface area (Å²) in [5.41, 5.74) is 0. The van der Waals surface area contributed by atoms with Gasteiger partial charge in [-0.2, -0.15) is 0 Å². The highest BCUT2D eigenvalue weighted by molar-refractivity contribution is 4.91. The van der Waals surface area contributed by atoms with Crippen molar-refractivity contribution in [1.29, 1.82) is 0 Å². The molecule has 96 valence electrons. The fourth-order valence-corrected chi connectivity index (χ4v) is 2.55. The van der Waals surface area contributed by atoms with Crippen LogP contribution in [0, 0.1) is 5.92 Å². The summed E-state index contributed by atoms with van der Waals surface area (Å²) in [4.78, 5) is 4.36. The number of hydrogen-bond acceptors (Lipinski definition) is 2. The fourth-order valence-electron chi connectivity index (χ4n) is 2.55. The molecule has 0 radical (unpaired) electrons. The summed E-state index contributed by atoms with van der Waals surface area (Å²) in [7, 11) is 2.08. The Morgan fingerprint density at radius 1 is 1.47 bits per heavy atom. The predicted octanol–water partition coefficient (Wildman–Crippen LogP) is 2.52. The SMILES string of the molecule is CCNC(CCCCc1nccn1C)C1CC1. The maximum Gasteiger partial charge on any atom is 0.108 e. The number of hydrogen-bond donors (Lipinski definition) is 1. The smallest absolute Gasteiger partial charge is 0.108 e. The van der Waals surface area contributed by atoms with Crippen LogP contribution < -0.4 is 5.32 Å². The molecule has 1 fully saturated rings. The molecule has 1 saturated carbocycles. The van der Waals surface area contributed by atoms with Crippen LogP contribution in [0.2, 0.25) is 0 Å². The van der Waals surface area contributed by atoms with E-state index in [2.05, 4.69) is 28.8 Å². The zero-order chi connectivity index (χ0) is 12.1. The van der Waals surface area contributed by atoms with Crippen molar-refractivity contribution >= 4 is 0 Å². The van der Waals surface area contributed by atoms with Crippen molar-refractivity contribution in [3.63, 3.8) is 0 Å². The van der Waals surface area contributed by atoms with Gasteiger partial charge in [0.25, 0.3) is 0 Å².